The SMILES string of the molecule is Cc1ccc([C@@H](NC(=O)Cc2ccc3oc(C(CO)c4ccc[n+]([O-])c4C)cc3c2)c2ccccc2)c(C)c1. The molecule has 1 amide bonds. The summed E-state index contributed by atoms with van der Waals surface area (Å²) in [6, 6.07) is 27.1. The van der Waals surface area contributed by atoms with Gasteiger partial charge in [0.05, 0.1) is 25.0 Å². The largest absolute Gasteiger partial charge is 0.619 e. The quantitative estimate of drug-likeness (QED) is 0.207. The fraction of sp³-hybridized carbons (Fsp3) is 0.212. The van der Waals surface area contributed by atoms with Crippen LogP contribution in [0, 0.1) is 26.0 Å². The van der Waals surface area contributed by atoms with E-state index in [1.165, 1.54) is 11.8 Å². The highest BCUT2D eigenvalue weighted by Crippen LogP contribution is 2.31. The van der Waals surface area contributed by atoms with Crippen molar-refractivity contribution in [1.82, 2.24) is 5.32 Å². The van der Waals surface area contributed by atoms with E-state index in [0.717, 1.165) is 32.4 Å². The van der Waals surface area contributed by atoms with Gasteiger partial charge in [0.1, 0.15) is 11.3 Å². The summed E-state index contributed by atoms with van der Waals surface area (Å²) in [7, 11) is 0. The zero-order valence-electron chi connectivity index (χ0n) is 22.3. The maximum absolute atomic E-state index is 13.3. The topological polar surface area (TPSA) is 89.4 Å². The first-order valence-electron chi connectivity index (χ1n) is 13.1. The number of nitrogens with one attached hydrogen (secondary N) is 1. The predicted molar refractivity (Wildman–Crippen MR) is 151 cm³/mol. The number of nitrogens with zero attached hydrogens (tertiary/aromatic N) is 1. The maximum Gasteiger partial charge on any atom is 0.225 e. The predicted octanol–water partition coefficient (Wildman–Crippen LogP) is 5.56. The molecule has 2 aromatic heterocycles. The van der Waals surface area contributed by atoms with Crippen LogP contribution in [0.4, 0.5) is 0 Å². The molecule has 0 spiro atoms. The van der Waals surface area contributed by atoms with Gasteiger partial charge in [-0.25, -0.2) is 0 Å². The number of rotatable bonds is 8. The van der Waals surface area contributed by atoms with Crippen LogP contribution < -0.4 is 10.0 Å². The number of aliphatic hydroxyl groups is 1. The van der Waals surface area contributed by atoms with Gasteiger partial charge in [-0.05, 0) is 60.4 Å². The molecule has 0 aliphatic carbocycles. The summed E-state index contributed by atoms with van der Waals surface area (Å²) in [4.78, 5) is 13.3. The zero-order chi connectivity index (χ0) is 27.5. The number of aliphatic hydroxyl groups excluding tert-OH is 1. The Kier molecular flexibility index (Phi) is 7.48. The van der Waals surface area contributed by atoms with Crippen LogP contribution in [-0.4, -0.2) is 17.6 Å². The van der Waals surface area contributed by atoms with Gasteiger partial charge in [-0.15, -0.1) is 0 Å². The molecule has 6 heteroatoms. The Morgan fingerprint density at radius 3 is 2.49 bits per heavy atom. The van der Waals surface area contributed by atoms with E-state index in [0.29, 0.717) is 22.6 Å². The van der Waals surface area contributed by atoms with E-state index < -0.39 is 5.92 Å². The summed E-state index contributed by atoms with van der Waals surface area (Å²) in [5.41, 5.74) is 7.16. The Morgan fingerprint density at radius 1 is 0.949 bits per heavy atom. The molecule has 0 aliphatic rings. The van der Waals surface area contributed by atoms with Gasteiger partial charge in [-0.1, -0.05) is 60.2 Å². The molecule has 0 saturated heterocycles. The summed E-state index contributed by atoms with van der Waals surface area (Å²) in [6.45, 7) is 5.67. The summed E-state index contributed by atoms with van der Waals surface area (Å²) in [5, 5.41) is 26.3. The first-order chi connectivity index (χ1) is 18.8. The van der Waals surface area contributed by atoms with Gasteiger partial charge in [0.2, 0.25) is 5.91 Å². The molecule has 2 atom stereocenters. The molecule has 0 radical (unpaired) electrons. The average Bonchev–Trinajstić information content (AvgIpc) is 3.34. The Balaban J connectivity index is 1.39. The molecular weight excluding hydrogens is 488 g/mol. The Labute approximate surface area is 228 Å². The van der Waals surface area contributed by atoms with Crippen molar-refractivity contribution in [2.75, 3.05) is 6.61 Å². The zero-order valence-corrected chi connectivity index (χ0v) is 22.3. The molecule has 0 aliphatic heterocycles. The second-order valence-electron chi connectivity index (χ2n) is 10.1. The van der Waals surface area contributed by atoms with Crippen LogP contribution in [0.2, 0.25) is 0 Å². The summed E-state index contributed by atoms with van der Waals surface area (Å²) >= 11 is 0. The summed E-state index contributed by atoms with van der Waals surface area (Å²) < 4.78 is 6.85. The molecule has 6 nitrogen and oxygen atoms in total. The number of furan rings is 1. The van der Waals surface area contributed by atoms with Gasteiger partial charge in [-0.3, -0.25) is 4.79 Å². The number of hydrogen-bond acceptors (Lipinski definition) is 4. The van der Waals surface area contributed by atoms with Crippen molar-refractivity contribution >= 4 is 16.9 Å². The van der Waals surface area contributed by atoms with Crippen molar-refractivity contribution in [2.45, 2.75) is 39.2 Å². The van der Waals surface area contributed by atoms with E-state index in [1.807, 2.05) is 60.7 Å². The van der Waals surface area contributed by atoms with Gasteiger partial charge in [-0.2, -0.15) is 4.73 Å². The second kappa shape index (κ2) is 11.1. The monoisotopic (exact) mass is 520 g/mol. The number of aryl methyl sites for hydroxylation is 2. The molecule has 0 fully saturated rings. The normalized spacial score (nSPS) is 12.8. The first-order valence-corrected chi connectivity index (χ1v) is 13.1. The van der Waals surface area contributed by atoms with Crippen LogP contribution in [0.15, 0.2) is 95.5 Å². The van der Waals surface area contributed by atoms with Gasteiger partial charge in [0.15, 0.2) is 11.9 Å². The minimum absolute atomic E-state index is 0.0833. The van der Waals surface area contributed by atoms with Crippen molar-refractivity contribution in [2.24, 2.45) is 0 Å². The standard InChI is InChI=1S/C33H32N2O4/c1-21-11-13-27(22(2)16-21)33(25-8-5-4-6-9-25)34-32(37)18-24-12-14-30-26(17-24)19-31(39-30)29(20-36)28-10-7-15-35(38)23(28)3/h4-17,19,29,33,36H,18,20H2,1-3H3,(H,34,37)/t29?,33-/m0/s1. The Bertz CT molecular complexity index is 1620. The molecule has 2 N–H and O–H groups in total. The highest BCUT2D eigenvalue weighted by Gasteiger charge is 2.24. The minimum atomic E-state index is -0.463. The number of carbonyl (C=O) groups excluding carboxylic acids is 1. The van der Waals surface area contributed by atoms with Crippen molar-refractivity contribution in [1.29, 1.82) is 0 Å². The summed E-state index contributed by atoms with van der Waals surface area (Å²) in [5.74, 6) is 0.0253. The lowest BCUT2D eigenvalue weighted by molar-refractivity contribution is -0.612. The van der Waals surface area contributed by atoms with Crippen molar-refractivity contribution in [3.8, 4) is 0 Å². The molecule has 5 rings (SSSR count). The molecule has 3 aromatic carbocycles. The number of aromatic nitrogens is 1. The van der Waals surface area contributed by atoms with E-state index in [2.05, 4.69) is 37.4 Å². The number of fused-ring (bicyclic) bond motifs is 1. The Morgan fingerprint density at radius 2 is 1.74 bits per heavy atom. The molecule has 39 heavy (non-hydrogen) atoms. The minimum Gasteiger partial charge on any atom is -0.619 e. The Hall–Kier alpha value is -4.42. The molecule has 198 valence electrons. The van der Waals surface area contributed by atoms with Gasteiger partial charge < -0.3 is 20.0 Å². The molecule has 1 unspecified atom stereocenters. The molecule has 5 aromatic rings. The van der Waals surface area contributed by atoms with Crippen molar-refractivity contribution in [3.05, 3.63) is 141 Å². The van der Waals surface area contributed by atoms with Gasteiger partial charge in [0.25, 0.3) is 0 Å². The highest BCUT2D eigenvalue weighted by atomic mass is 16.5. The van der Waals surface area contributed by atoms with E-state index >= 15 is 0 Å². The van der Waals surface area contributed by atoms with Crippen LogP contribution >= 0.6 is 0 Å². The van der Waals surface area contributed by atoms with E-state index in [4.69, 9.17) is 4.42 Å². The molecular formula is C33H32N2O4. The van der Waals surface area contributed by atoms with Crippen LogP contribution in [0.1, 0.15) is 56.8 Å². The number of hydrogen-bond donors (Lipinski definition) is 2. The number of carbonyl (C=O) groups is 1. The third-order valence-electron chi connectivity index (χ3n) is 7.29. The van der Waals surface area contributed by atoms with Crippen LogP contribution in [0.5, 0.6) is 0 Å². The van der Waals surface area contributed by atoms with E-state index in [-0.39, 0.29) is 25.0 Å². The first kappa shape index (κ1) is 26.2. The fourth-order valence-electron chi connectivity index (χ4n) is 5.22. The van der Waals surface area contributed by atoms with E-state index in [9.17, 15) is 15.1 Å². The molecule has 0 bridgehead atoms. The molecule has 0 saturated carbocycles. The lowest BCUT2D eigenvalue weighted by atomic mass is 9.93. The average molecular weight is 521 g/mol. The van der Waals surface area contributed by atoms with Crippen LogP contribution in [0.25, 0.3) is 11.0 Å². The number of benzene rings is 3. The smallest absolute Gasteiger partial charge is 0.225 e. The summed E-state index contributed by atoms with van der Waals surface area (Å²) in [6.07, 6.45) is 1.65. The van der Waals surface area contributed by atoms with Crippen molar-refractivity contribution < 1.29 is 19.0 Å². The lowest BCUT2D eigenvalue weighted by Crippen LogP contribution is -2.31. The van der Waals surface area contributed by atoms with Gasteiger partial charge >= 0.3 is 0 Å². The number of amides is 1. The van der Waals surface area contributed by atoms with Crippen LogP contribution in [-0.2, 0) is 11.2 Å². The number of pyridine rings is 1. The third kappa shape index (κ3) is 5.56. The van der Waals surface area contributed by atoms with E-state index in [1.54, 1.807) is 13.0 Å². The van der Waals surface area contributed by atoms with Gasteiger partial charge in [0, 0.05) is 23.9 Å². The fourth-order valence-corrected chi connectivity index (χ4v) is 5.22. The maximum atomic E-state index is 13.3. The highest BCUT2D eigenvalue weighted by molar-refractivity contribution is 5.83. The molecule has 2 heterocycles. The second-order valence-corrected chi connectivity index (χ2v) is 10.1. The third-order valence-corrected chi connectivity index (χ3v) is 7.29. The lowest BCUT2D eigenvalue weighted by Gasteiger charge is -2.22. The van der Waals surface area contributed by atoms with Crippen LogP contribution in [0.3, 0.4) is 0 Å². The van der Waals surface area contributed by atoms with Crippen molar-refractivity contribution in [3.63, 3.8) is 0 Å².